The van der Waals surface area contributed by atoms with Crippen molar-refractivity contribution in [3.63, 3.8) is 0 Å². The Morgan fingerprint density at radius 2 is 2.28 bits per heavy atom. The van der Waals surface area contributed by atoms with Crippen LogP contribution in [0.1, 0.15) is 12.7 Å². The quantitative estimate of drug-likeness (QED) is 0.510. The highest BCUT2D eigenvalue weighted by molar-refractivity contribution is 7.94. The smallest absolute Gasteiger partial charge is 0.181 e. The molecule has 0 atom stereocenters. The number of nitrogens with zero attached hydrogens (tertiary/aromatic N) is 3. The van der Waals surface area contributed by atoms with E-state index in [1.165, 1.54) is 0 Å². The van der Waals surface area contributed by atoms with E-state index in [2.05, 4.69) is 19.5 Å². The van der Waals surface area contributed by atoms with Gasteiger partial charge in [-0.15, -0.1) is 4.33 Å². The fourth-order valence-electron chi connectivity index (χ4n) is 1.58. The minimum Gasteiger partial charge on any atom is -0.250 e. The molecule has 1 aromatic heterocycles. The zero-order chi connectivity index (χ0) is 13.0. The monoisotopic (exact) mass is 267 g/mol. The van der Waals surface area contributed by atoms with Crippen LogP contribution in [0.4, 0.5) is 0 Å². The van der Waals surface area contributed by atoms with E-state index in [-0.39, 0.29) is 0 Å². The molecule has 0 amide bonds. The first-order chi connectivity index (χ1) is 8.74. The summed E-state index contributed by atoms with van der Waals surface area (Å²) in [4.78, 5) is 5.18. The Kier molecular flexibility index (Phi) is 4.32. The van der Waals surface area contributed by atoms with Crippen LogP contribution in [-0.2, 0) is 15.9 Å². The van der Waals surface area contributed by atoms with Crippen molar-refractivity contribution in [1.82, 2.24) is 14.8 Å². The van der Waals surface area contributed by atoms with Crippen LogP contribution in [0.25, 0.3) is 11.4 Å². The highest BCUT2D eigenvalue weighted by Gasteiger charge is 2.08. The lowest BCUT2D eigenvalue weighted by Crippen LogP contribution is -1.98. The molecule has 1 aromatic carbocycles. The van der Waals surface area contributed by atoms with Crippen LogP contribution in [0.5, 0.6) is 0 Å². The Hall–Kier alpha value is -1.41. The molecular formula is C11H13N3O3S. The van der Waals surface area contributed by atoms with Gasteiger partial charge in [0.05, 0.1) is 12.0 Å². The average molecular weight is 267 g/mol. The number of rotatable bonds is 5. The second kappa shape index (κ2) is 5.96. The molecule has 0 saturated carbocycles. The summed E-state index contributed by atoms with van der Waals surface area (Å²) in [5.41, 5.74) is 0.886. The largest absolute Gasteiger partial charge is 0.250 e. The molecule has 96 valence electrons. The second-order valence-corrected chi connectivity index (χ2v) is 4.33. The number of aromatic nitrogens is 3. The molecule has 0 spiro atoms. The van der Waals surface area contributed by atoms with Gasteiger partial charge in [-0.2, -0.15) is 5.10 Å². The van der Waals surface area contributed by atoms with E-state index in [0.717, 1.165) is 34.9 Å². The van der Waals surface area contributed by atoms with Crippen LogP contribution < -0.4 is 0 Å². The van der Waals surface area contributed by atoms with E-state index in [9.17, 15) is 0 Å². The minimum atomic E-state index is 0.668. The lowest BCUT2D eigenvalue weighted by atomic mass is 10.2. The third-order valence-corrected chi connectivity index (χ3v) is 2.98. The van der Waals surface area contributed by atoms with Gasteiger partial charge in [0, 0.05) is 17.0 Å². The van der Waals surface area contributed by atoms with Crippen LogP contribution in [0, 0.1) is 6.92 Å². The summed E-state index contributed by atoms with van der Waals surface area (Å²) in [5.74, 6) is 1.54. The van der Waals surface area contributed by atoms with Gasteiger partial charge in [0.15, 0.2) is 5.82 Å². The summed E-state index contributed by atoms with van der Waals surface area (Å²) in [6.45, 7) is 4.72. The van der Waals surface area contributed by atoms with Crippen molar-refractivity contribution < 1.29 is 14.6 Å². The molecule has 0 aliphatic rings. The molecule has 1 N–H and O–H groups in total. The van der Waals surface area contributed by atoms with E-state index in [0.29, 0.717) is 5.82 Å². The Bertz CT molecular complexity index is 530. The Balaban J connectivity index is 2.26. The first kappa shape index (κ1) is 13.0. The summed E-state index contributed by atoms with van der Waals surface area (Å²) >= 11 is 0.911. The van der Waals surface area contributed by atoms with Gasteiger partial charge in [-0.3, -0.25) is 4.68 Å². The zero-order valence-electron chi connectivity index (χ0n) is 10.0. The molecule has 18 heavy (non-hydrogen) atoms. The van der Waals surface area contributed by atoms with Gasteiger partial charge in [0.2, 0.25) is 0 Å². The summed E-state index contributed by atoms with van der Waals surface area (Å²) in [6, 6.07) is 7.47. The molecular weight excluding hydrogens is 254 g/mol. The molecule has 0 radical (unpaired) electrons. The fraction of sp³-hybridized carbons (Fsp3) is 0.273. The molecule has 0 saturated heterocycles. The maximum Gasteiger partial charge on any atom is 0.181 e. The van der Waals surface area contributed by atoms with Crippen molar-refractivity contribution in [2.45, 2.75) is 25.3 Å². The maximum absolute atomic E-state index is 8.11. The maximum atomic E-state index is 8.11. The van der Waals surface area contributed by atoms with Crippen LogP contribution in [-0.4, -0.2) is 20.0 Å². The number of aryl methyl sites for hydroxylation is 2. The molecule has 7 heteroatoms. The SMILES string of the molecule is CCn1nc(-c2cccc(SOOO)c2)nc1C. The molecule has 0 aliphatic heterocycles. The highest BCUT2D eigenvalue weighted by atomic mass is 32.2. The van der Waals surface area contributed by atoms with Crippen molar-refractivity contribution in [2.24, 2.45) is 0 Å². The molecule has 0 fully saturated rings. The number of benzene rings is 1. The molecule has 6 nitrogen and oxygen atoms in total. The Labute approximate surface area is 109 Å². The van der Waals surface area contributed by atoms with Gasteiger partial charge < -0.3 is 0 Å². The first-order valence-corrected chi connectivity index (χ1v) is 6.15. The van der Waals surface area contributed by atoms with Gasteiger partial charge in [-0.1, -0.05) is 17.2 Å². The molecule has 0 unspecified atom stereocenters. The van der Waals surface area contributed by atoms with Crippen molar-refractivity contribution in [3.8, 4) is 11.4 Å². The van der Waals surface area contributed by atoms with E-state index in [4.69, 9.17) is 5.26 Å². The molecule has 0 bridgehead atoms. The Morgan fingerprint density at radius 1 is 1.44 bits per heavy atom. The van der Waals surface area contributed by atoms with Crippen LogP contribution in [0.3, 0.4) is 0 Å². The number of hydrogen-bond acceptors (Lipinski definition) is 6. The van der Waals surface area contributed by atoms with Crippen molar-refractivity contribution in [1.29, 1.82) is 0 Å². The van der Waals surface area contributed by atoms with Gasteiger partial charge in [0.25, 0.3) is 0 Å². The van der Waals surface area contributed by atoms with Gasteiger partial charge in [-0.05, 0) is 26.0 Å². The summed E-state index contributed by atoms with van der Waals surface area (Å²) in [6.07, 6.45) is 0. The predicted octanol–water partition coefficient (Wildman–Crippen LogP) is 2.70. The van der Waals surface area contributed by atoms with Crippen molar-refractivity contribution >= 4 is 12.0 Å². The lowest BCUT2D eigenvalue weighted by Gasteiger charge is -1.99. The van der Waals surface area contributed by atoms with Gasteiger partial charge >= 0.3 is 0 Å². The molecule has 0 aliphatic carbocycles. The first-order valence-electron chi connectivity index (χ1n) is 5.41. The van der Waals surface area contributed by atoms with Crippen molar-refractivity contribution in [3.05, 3.63) is 30.1 Å². The zero-order valence-corrected chi connectivity index (χ0v) is 10.8. The lowest BCUT2D eigenvalue weighted by molar-refractivity contribution is -0.432. The topological polar surface area (TPSA) is 69.4 Å². The highest BCUT2D eigenvalue weighted by Crippen LogP contribution is 2.24. The Morgan fingerprint density at radius 3 is 2.94 bits per heavy atom. The van der Waals surface area contributed by atoms with E-state index < -0.39 is 0 Å². The molecule has 2 aromatic rings. The van der Waals surface area contributed by atoms with E-state index in [1.807, 2.05) is 42.8 Å². The summed E-state index contributed by atoms with van der Waals surface area (Å²) in [7, 11) is 0. The fourth-order valence-corrected chi connectivity index (χ4v) is 2.00. The number of hydrogen-bond donors (Lipinski definition) is 1. The summed E-state index contributed by atoms with van der Waals surface area (Å²) in [5, 5.41) is 16.1. The third kappa shape index (κ3) is 2.88. The predicted molar refractivity (Wildman–Crippen MR) is 66.5 cm³/mol. The van der Waals surface area contributed by atoms with Gasteiger partial charge in [0.1, 0.15) is 5.82 Å². The van der Waals surface area contributed by atoms with Crippen LogP contribution in [0.15, 0.2) is 29.2 Å². The van der Waals surface area contributed by atoms with E-state index in [1.54, 1.807) is 0 Å². The normalized spacial score (nSPS) is 10.8. The third-order valence-electron chi connectivity index (χ3n) is 2.41. The average Bonchev–Trinajstić information content (AvgIpc) is 2.78. The second-order valence-electron chi connectivity index (χ2n) is 3.55. The van der Waals surface area contributed by atoms with Crippen LogP contribution >= 0.6 is 12.0 Å². The van der Waals surface area contributed by atoms with Crippen LogP contribution in [0.2, 0.25) is 0 Å². The standard InChI is InChI=1S/C11H13N3O3S/c1-3-14-8(2)12-11(13-14)9-5-4-6-10(7-9)18-17-16-15/h4-7,15H,3H2,1-2H3. The minimum absolute atomic E-state index is 0.668. The van der Waals surface area contributed by atoms with E-state index >= 15 is 0 Å². The summed E-state index contributed by atoms with van der Waals surface area (Å²) < 4.78 is 6.22. The molecule has 2 rings (SSSR count). The molecule has 1 heterocycles. The van der Waals surface area contributed by atoms with Crippen molar-refractivity contribution in [2.75, 3.05) is 0 Å². The van der Waals surface area contributed by atoms with Gasteiger partial charge in [-0.25, -0.2) is 10.2 Å².